The van der Waals surface area contributed by atoms with Crippen LogP contribution in [0.2, 0.25) is 0 Å². The SMILES string of the molecule is CCC(NC)c1ccc(-c2c(C)cc(F)cc2C)cc1. The van der Waals surface area contributed by atoms with Crippen molar-refractivity contribution in [3.8, 4) is 11.1 Å². The lowest BCUT2D eigenvalue weighted by molar-refractivity contribution is 0.577. The Balaban J connectivity index is 2.40. The third kappa shape index (κ3) is 2.91. The number of rotatable bonds is 4. The van der Waals surface area contributed by atoms with E-state index in [2.05, 4.69) is 36.5 Å². The molecule has 0 aromatic heterocycles. The second kappa shape index (κ2) is 6.19. The second-order valence-electron chi connectivity index (χ2n) is 5.29. The molecule has 1 atom stereocenters. The molecule has 0 radical (unpaired) electrons. The maximum Gasteiger partial charge on any atom is 0.123 e. The van der Waals surface area contributed by atoms with E-state index in [-0.39, 0.29) is 5.82 Å². The molecule has 106 valence electrons. The highest BCUT2D eigenvalue weighted by atomic mass is 19.1. The van der Waals surface area contributed by atoms with Gasteiger partial charge in [-0.1, -0.05) is 31.2 Å². The molecule has 20 heavy (non-hydrogen) atoms. The van der Waals surface area contributed by atoms with Gasteiger partial charge in [0.05, 0.1) is 0 Å². The molecule has 0 saturated carbocycles. The van der Waals surface area contributed by atoms with Crippen molar-refractivity contribution in [2.24, 2.45) is 0 Å². The van der Waals surface area contributed by atoms with Crippen molar-refractivity contribution < 1.29 is 4.39 Å². The third-order valence-corrected chi connectivity index (χ3v) is 3.86. The minimum absolute atomic E-state index is 0.165. The highest BCUT2D eigenvalue weighted by Crippen LogP contribution is 2.29. The summed E-state index contributed by atoms with van der Waals surface area (Å²) in [6, 6.07) is 12.1. The molecule has 0 amide bonds. The Morgan fingerprint density at radius 1 is 1.05 bits per heavy atom. The molecule has 0 spiro atoms. The topological polar surface area (TPSA) is 12.0 Å². The fourth-order valence-corrected chi connectivity index (χ4v) is 2.85. The van der Waals surface area contributed by atoms with Crippen LogP contribution in [0.15, 0.2) is 36.4 Å². The summed E-state index contributed by atoms with van der Waals surface area (Å²) in [6.07, 6.45) is 1.06. The van der Waals surface area contributed by atoms with Gasteiger partial charge in [-0.3, -0.25) is 0 Å². The molecular weight excluding hydrogens is 249 g/mol. The molecule has 0 aliphatic carbocycles. The molecule has 0 heterocycles. The summed E-state index contributed by atoms with van der Waals surface area (Å²) < 4.78 is 13.4. The maximum atomic E-state index is 13.4. The molecule has 2 heteroatoms. The summed E-state index contributed by atoms with van der Waals surface area (Å²) in [4.78, 5) is 0. The number of halogens is 1. The van der Waals surface area contributed by atoms with Crippen LogP contribution < -0.4 is 5.32 Å². The first-order valence-electron chi connectivity index (χ1n) is 7.11. The average molecular weight is 271 g/mol. The van der Waals surface area contributed by atoms with Gasteiger partial charge in [-0.2, -0.15) is 0 Å². The monoisotopic (exact) mass is 271 g/mol. The van der Waals surface area contributed by atoms with Gasteiger partial charge < -0.3 is 5.32 Å². The zero-order valence-corrected chi connectivity index (χ0v) is 12.6. The summed E-state index contributed by atoms with van der Waals surface area (Å²) in [5, 5.41) is 3.31. The zero-order valence-electron chi connectivity index (χ0n) is 12.6. The lowest BCUT2D eigenvalue weighted by Crippen LogP contribution is -2.14. The standard InChI is InChI=1S/C18H22FN/c1-5-17(20-4)14-6-8-15(9-7-14)18-12(2)10-16(19)11-13(18)3/h6-11,17,20H,5H2,1-4H3. The van der Waals surface area contributed by atoms with Gasteiger partial charge in [0, 0.05) is 6.04 Å². The zero-order chi connectivity index (χ0) is 14.7. The Kier molecular flexibility index (Phi) is 4.56. The van der Waals surface area contributed by atoms with Gasteiger partial charge >= 0.3 is 0 Å². The van der Waals surface area contributed by atoms with Crippen molar-refractivity contribution in [2.45, 2.75) is 33.2 Å². The molecule has 2 rings (SSSR count). The molecule has 2 aromatic carbocycles. The van der Waals surface area contributed by atoms with Crippen molar-refractivity contribution in [3.05, 3.63) is 58.9 Å². The van der Waals surface area contributed by atoms with Crippen molar-refractivity contribution in [2.75, 3.05) is 7.05 Å². The van der Waals surface area contributed by atoms with E-state index < -0.39 is 0 Å². The minimum atomic E-state index is -0.165. The first-order valence-corrected chi connectivity index (χ1v) is 7.11. The normalized spacial score (nSPS) is 12.4. The summed E-state index contributed by atoms with van der Waals surface area (Å²) in [6.45, 7) is 6.09. The van der Waals surface area contributed by atoms with Crippen LogP contribution in [0.4, 0.5) is 4.39 Å². The van der Waals surface area contributed by atoms with E-state index in [0.29, 0.717) is 6.04 Å². The van der Waals surface area contributed by atoms with Crippen molar-refractivity contribution in [3.63, 3.8) is 0 Å². The Hall–Kier alpha value is -1.67. The average Bonchev–Trinajstić information content (AvgIpc) is 2.40. The van der Waals surface area contributed by atoms with E-state index in [4.69, 9.17) is 0 Å². The molecule has 0 aliphatic heterocycles. The molecule has 1 unspecified atom stereocenters. The van der Waals surface area contributed by atoms with Crippen LogP contribution in [-0.2, 0) is 0 Å². The Morgan fingerprint density at radius 3 is 2.05 bits per heavy atom. The van der Waals surface area contributed by atoms with Crippen LogP contribution in [0.1, 0.15) is 36.1 Å². The first-order chi connectivity index (χ1) is 9.56. The van der Waals surface area contributed by atoms with E-state index in [1.807, 2.05) is 20.9 Å². The summed E-state index contributed by atoms with van der Waals surface area (Å²) in [5.41, 5.74) is 5.54. The van der Waals surface area contributed by atoms with E-state index >= 15 is 0 Å². The van der Waals surface area contributed by atoms with E-state index in [1.54, 1.807) is 12.1 Å². The van der Waals surface area contributed by atoms with Gasteiger partial charge in [0.2, 0.25) is 0 Å². The molecule has 1 nitrogen and oxygen atoms in total. The largest absolute Gasteiger partial charge is 0.313 e. The lowest BCUT2D eigenvalue weighted by atomic mass is 9.93. The van der Waals surface area contributed by atoms with E-state index in [0.717, 1.165) is 28.7 Å². The maximum absolute atomic E-state index is 13.4. The van der Waals surface area contributed by atoms with Crippen LogP contribution in [0, 0.1) is 19.7 Å². The van der Waals surface area contributed by atoms with Crippen LogP contribution in [0.25, 0.3) is 11.1 Å². The van der Waals surface area contributed by atoms with Crippen LogP contribution in [0.3, 0.4) is 0 Å². The first kappa shape index (κ1) is 14.7. The molecule has 0 saturated heterocycles. The van der Waals surface area contributed by atoms with Gasteiger partial charge in [0.25, 0.3) is 0 Å². The predicted molar refractivity (Wildman–Crippen MR) is 83.4 cm³/mol. The molecule has 0 aliphatic rings. The van der Waals surface area contributed by atoms with Gasteiger partial charge in [-0.05, 0) is 67.3 Å². The Bertz CT molecular complexity index is 560. The minimum Gasteiger partial charge on any atom is -0.313 e. The van der Waals surface area contributed by atoms with Crippen molar-refractivity contribution in [1.29, 1.82) is 0 Å². The van der Waals surface area contributed by atoms with E-state index in [1.165, 1.54) is 5.56 Å². The summed E-state index contributed by atoms with van der Waals surface area (Å²) >= 11 is 0. The highest BCUT2D eigenvalue weighted by molar-refractivity contribution is 5.71. The van der Waals surface area contributed by atoms with Crippen LogP contribution in [0.5, 0.6) is 0 Å². The number of hydrogen-bond acceptors (Lipinski definition) is 1. The molecular formula is C18H22FN. The molecule has 1 N–H and O–H groups in total. The van der Waals surface area contributed by atoms with Gasteiger partial charge in [0.15, 0.2) is 0 Å². The van der Waals surface area contributed by atoms with Crippen molar-refractivity contribution >= 4 is 0 Å². The second-order valence-corrected chi connectivity index (χ2v) is 5.29. The summed E-state index contributed by atoms with van der Waals surface area (Å²) in [5.74, 6) is -0.165. The third-order valence-electron chi connectivity index (χ3n) is 3.86. The van der Waals surface area contributed by atoms with Crippen LogP contribution in [-0.4, -0.2) is 7.05 Å². The number of aryl methyl sites for hydroxylation is 2. The van der Waals surface area contributed by atoms with Crippen molar-refractivity contribution in [1.82, 2.24) is 5.32 Å². The summed E-state index contributed by atoms with van der Waals surface area (Å²) in [7, 11) is 1.98. The lowest BCUT2D eigenvalue weighted by Gasteiger charge is -2.16. The smallest absolute Gasteiger partial charge is 0.123 e. The number of hydrogen-bond donors (Lipinski definition) is 1. The molecule has 0 fully saturated rings. The van der Waals surface area contributed by atoms with Gasteiger partial charge in [-0.25, -0.2) is 4.39 Å². The number of nitrogens with one attached hydrogen (secondary N) is 1. The van der Waals surface area contributed by atoms with E-state index in [9.17, 15) is 4.39 Å². The molecule has 2 aromatic rings. The van der Waals surface area contributed by atoms with Gasteiger partial charge in [-0.15, -0.1) is 0 Å². The van der Waals surface area contributed by atoms with Gasteiger partial charge in [0.1, 0.15) is 5.82 Å². The predicted octanol–water partition coefficient (Wildman–Crippen LogP) is 4.78. The fraction of sp³-hybridized carbons (Fsp3) is 0.333. The van der Waals surface area contributed by atoms with Crippen LogP contribution >= 0.6 is 0 Å². The molecule has 0 bridgehead atoms. The highest BCUT2D eigenvalue weighted by Gasteiger charge is 2.10. The Labute approximate surface area is 120 Å². The Morgan fingerprint density at radius 2 is 1.60 bits per heavy atom. The number of benzene rings is 2. The fourth-order valence-electron chi connectivity index (χ4n) is 2.85. The quantitative estimate of drug-likeness (QED) is 0.843.